The average Bonchev–Trinajstić information content (AvgIpc) is 3.20. The molecule has 31 heavy (non-hydrogen) atoms. The Labute approximate surface area is 175 Å². The van der Waals surface area contributed by atoms with Crippen LogP contribution in [0.2, 0.25) is 0 Å². The number of amides is 3. The van der Waals surface area contributed by atoms with Gasteiger partial charge in [-0.05, 0) is 23.8 Å². The van der Waals surface area contributed by atoms with E-state index in [1.54, 1.807) is 0 Å². The maximum absolute atomic E-state index is 12.5. The van der Waals surface area contributed by atoms with Gasteiger partial charge < -0.3 is 36.7 Å². The second-order valence-electron chi connectivity index (χ2n) is 6.49. The first kappa shape index (κ1) is 22.9. The minimum atomic E-state index is -1.48. The van der Waals surface area contributed by atoms with Crippen molar-refractivity contribution < 1.29 is 34.5 Å². The third-order valence-electron chi connectivity index (χ3n) is 4.08. The Balaban J connectivity index is 2.06. The van der Waals surface area contributed by atoms with Gasteiger partial charge in [-0.1, -0.05) is 6.07 Å². The largest absolute Gasteiger partial charge is 0.504 e. The van der Waals surface area contributed by atoms with Crippen LogP contribution in [0.5, 0.6) is 11.5 Å². The highest BCUT2D eigenvalue weighted by molar-refractivity contribution is 5.98. The van der Waals surface area contributed by atoms with Gasteiger partial charge in [0.1, 0.15) is 12.1 Å². The van der Waals surface area contributed by atoms with Crippen LogP contribution >= 0.6 is 0 Å². The third kappa shape index (κ3) is 7.20. The van der Waals surface area contributed by atoms with Gasteiger partial charge in [0.2, 0.25) is 17.7 Å². The second-order valence-corrected chi connectivity index (χ2v) is 6.49. The Bertz CT molecular complexity index is 988. The number of hydrogen-bond donors (Lipinski definition) is 7. The molecule has 3 amide bonds. The van der Waals surface area contributed by atoms with E-state index in [0.717, 1.165) is 6.08 Å². The highest BCUT2D eigenvalue weighted by Crippen LogP contribution is 2.25. The number of aliphatic carboxylic acids is 1. The number of nitrogens with one attached hydrogen (secondary N) is 3. The van der Waals surface area contributed by atoms with Gasteiger partial charge in [-0.15, -0.1) is 0 Å². The molecule has 0 saturated heterocycles. The lowest BCUT2D eigenvalue weighted by molar-refractivity contribution is -0.140. The summed E-state index contributed by atoms with van der Waals surface area (Å²) >= 11 is 0. The van der Waals surface area contributed by atoms with Gasteiger partial charge in [-0.3, -0.25) is 19.2 Å². The lowest BCUT2D eigenvalue weighted by Crippen LogP contribution is -2.54. The molecule has 0 saturated carbocycles. The van der Waals surface area contributed by atoms with Crippen LogP contribution in [-0.4, -0.2) is 61.1 Å². The van der Waals surface area contributed by atoms with E-state index in [9.17, 15) is 29.4 Å². The zero-order valence-corrected chi connectivity index (χ0v) is 16.1. The molecule has 0 bridgehead atoms. The summed E-state index contributed by atoms with van der Waals surface area (Å²) in [7, 11) is 0. The van der Waals surface area contributed by atoms with Gasteiger partial charge in [0, 0.05) is 24.4 Å². The van der Waals surface area contributed by atoms with Gasteiger partial charge in [0.15, 0.2) is 11.5 Å². The number of primary amides is 1. The van der Waals surface area contributed by atoms with Crippen LogP contribution in [0.3, 0.4) is 0 Å². The number of carbonyl (C=O) groups is 4. The van der Waals surface area contributed by atoms with E-state index in [4.69, 9.17) is 10.8 Å². The number of nitrogens with two attached hydrogens (primary N) is 1. The van der Waals surface area contributed by atoms with E-state index >= 15 is 0 Å². The van der Waals surface area contributed by atoms with Crippen molar-refractivity contribution >= 4 is 29.8 Å². The van der Waals surface area contributed by atoms with Gasteiger partial charge in [-0.2, -0.15) is 0 Å². The van der Waals surface area contributed by atoms with Crippen LogP contribution in [0.25, 0.3) is 6.08 Å². The Morgan fingerprint density at radius 2 is 1.87 bits per heavy atom. The van der Waals surface area contributed by atoms with Crippen molar-refractivity contribution in [2.45, 2.75) is 24.9 Å². The van der Waals surface area contributed by atoms with Crippen molar-refractivity contribution in [3.63, 3.8) is 0 Å². The van der Waals surface area contributed by atoms with E-state index in [1.165, 1.54) is 36.8 Å². The Kier molecular flexibility index (Phi) is 7.72. The molecule has 1 heterocycles. The number of carboxylic acid groups (broad SMARTS) is 1. The Morgan fingerprint density at radius 1 is 1.13 bits per heavy atom. The number of rotatable bonds is 10. The molecule has 0 aliphatic carbocycles. The third-order valence-corrected chi connectivity index (χ3v) is 4.08. The monoisotopic (exact) mass is 431 g/mol. The molecular weight excluding hydrogens is 410 g/mol. The number of H-pyrrole nitrogens is 1. The summed E-state index contributed by atoms with van der Waals surface area (Å²) in [6, 6.07) is 1.21. The number of aromatic amines is 1. The molecule has 8 N–H and O–H groups in total. The Hall–Kier alpha value is -4.35. The number of aromatic nitrogens is 2. The van der Waals surface area contributed by atoms with Crippen LogP contribution in [0.1, 0.15) is 17.7 Å². The summed E-state index contributed by atoms with van der Waals surface area (Å²) in [6.45, 7) is 0. The summed E-state index contributed by atoms with van der Waals surface area (Å²) in [5.74, 6) is -4.63. The van der Waals surface area contributed by atoms with Crippen LogP contribution < -0.4 is 16.4 Å². The van der Waals surface area contributed by atoms with Crippen molar-refractivity contribution in [1.82, 2.24) is 20.6 Å². The molecule has 0 aliphatic heterocycles. The van der Waals surface area contributed by atoms with Crippen LogP contribution in [0.4, 0.5) is 0 Å². The van der Waals surface area contributed by atoms with Crippen LogP contribution in [0.15, 0.2) is 36.8 Å². The summed E-state index contributed by atoms with van der Waals surface area (Å²) in [4.78, 5) is 54.0. The fourth-order valence-electron chi connectivity index (χ4n) is 2.53. The zero-order valence-electron chi connectivity index (χ0n) is 16.1. The van der Waals surface area contributed by atoms with Gasteiger partial charge in [-0.25, -0.2) is 4.98 Å². The number of nitrogens with zero attached hydrogens (tertiary/aromatic N) is 1. The summed E-state index contributed by atoms with van der Waals surface area (Å²) in [5.41, 5.74) is 6.19. The SMILES string of the molecule is NC(=O)[C@H](Cc1cnc[nH]1)NC(=O)[C@H](CC(=O)O)NC(=O)/C=C/c1ccc(O)c(O)c1. The van der Waals surface area contributed by atoms with Crippen molar-refractivity contribution in [1.29, 1.82) is 0 Å². The molecule has 164 valence electrons. The highest BCUT2D eigenvalue weighted by atomic mass is 16.4. The molecule has 0 radical (unpaired) electrons. The normalized spacial score (nSPS) is 12.8. The van der Waals surface area contributed by atoms with Crippen molar-refractivity contribution in [3.05, 3.63) is 48.1 Å². The molecule has 12 nitrogen and oxygen atoms in total. The summed E-state index contributed by atoms with van der Waals surface area (Å²) in [5, 5.41) is 32.4. The van der Waals surface area contributed by atoms with Crippen molar-refractivity contribution in [3.8, 4) is 11.5 Å². The number of carboxylic acids is 1. The number of benzene rings is 1. The fraction of sp³-hybridized carbons (Fsp3) is 0.211. The molecule has 1 aromatic carbocycles. The first-order valence-electron chi connectivity index (χ1n) is 8.95. The standard InChI is InChI=1S/C19H21N5O7/c20-18(30)12(6-11-8-21-9-22-11)24-19(31)13(7-17(28)29)23-16(27)4-2-10-1-3-14(25)15(26)5-10/h1-5,8-9,12-13,25-26H,6-7H2,(H2,20,30)(H,21,22)(H,23,27)(H,24,31)(H,28,29)/b4-2+/t12-,13-/m0/s1. The predicted octanol–water partition coefficient (Wildman–Crippen LogP) is -0.994. The number of phenolic OH excluding ortho intramolecular Hbond substituents is 2. The van der Waals surface area contributed by atoms with E-state index in [2.05, 4.69) is 20.6 Å². The zero-order chi connectivity index (χ0) is 23.0. The molecular formula is C19H21N5O7. The lowest BCUT2D eigenvalue weighted by Gasteiger charge is -2.20. The van der Waals surface area contributed by atoms with Crippen LogP contribution in [-0.2, 0) is 25.6 Å². The highest BCUT2D eigenvalue weighted by Gasteiger charge is 2.27. The van der Waals surface area contributed by atoms with Crippen molar-refractivity contribution in [2.75, 3.05) is 0 Å². The smallest absolute Gasteiger partial charge is 0.305 e. The van der Waals surface area contributed by atoms with E-state index in [-0.39, 0.29) is 17.9 Å². The summed E-state index contributed by atoms with van der Waals surface area (Å²) in [6.07, 6.45) is 4.38. The van der Waals surface area contributed by atoms with Gasteiger partial charge >= 0.3 is 5.97 Å². The molecule has 0 aliphatic rings. The molecule has 1 aromatic heterocycles. The topological polar surface area (TPSA) is 208 Å². The van der Waals surface area contributed by atoms with Crippen molar-refractivity contribution in [2.24, 2.45) is 5.73 Å². The molecule has 0 spiro atoms. The molecule has 2 atom stereocenters. The quantitative estimate of drug-likeness (QED) is 0.183. The maximum Gasteiger partial charge on any atom is 0.305 e. The van der Waals surface area contributed by atoms with Crippen LogP contribution in [0, 0.1) is 0 Å². The van der Waals surface area contributed by atoms with E-state index in [0.29, 0.717) is 11.3 Å². The number of aromatic hydroxyl groups is 2. The molecule has 12 heteroatoms. The molecule has 2 rings (SSSR count). The molecule has 0 fully saturated rings. The average molecular weight is 431 g/mol. The number of carbonyl (C=O) groups excluding carboxylic acids is 3. The van der Waals surface area contributed by atoms with Gasteiger partial charge in [0.05, 0.1) is 12.7 Å². The van der Waals surface area contributed by atoms with E-state index in [1.807, 2.05) is 0 Å². The number of phenols is 2. The first-order valence-corrected chi connectivity index (χ1v) is 8.95. The number of imidazole rings is 1. The van der Waals surface area contributed by atoms with Gasteiger partial charge in [0.25, 0.3) is 0 Å². The molecule has 0 unspecified atom stereocenters. The Morgan fingerprint density at radius 3 is 2.45 bits per heavy atom. The number of hydrogen-bond acceptors (Lipinski definition) is 7. The maximum atomic E-state index is 12.5. The predicted molar refractivity (Wildman–Crippen MR) is 106 cm³/mol. The minimum absolute atomic E-state index is 0.000933. The second kappa shape index (κ2) is 10.4. The first-order chi connectivity index (χ1) is 14.7. The minimum Gasteiger partial charge on any atom is -0.504 e. The van der Waals surface area contributed by atoms with E-state index < -0.39 is 42.2 Å². The fourth-order valence-corrected chi connectivity index (χ4v) is 2.53. The summed E-state index contributed by atoms with van der Waals surface area (Å²) < 4.78 is 0. The molecule has 2 aromatic rings. The lowest BCUT2D eigenvalue weighted by atomic mass is 10.1.